The maximum Gasteiger partial charge on any atom is 0.317 e. The highest BCUT2D eigenvalue weighted by atomic mass is 16.3. The van der Waals surface area contributed by atoms with Crippen molar-refractivity contribution in [2.45, 2.75) is 25.9 Å². The molecule has 1 aromatic carbocycles. The van der Waals surface area contributed by atoms with E-state index in [1.54, 1.807) is 42.7 Å². The van der Waals surface area contributed by atoms with E-state index in [-0.39, 0.29) is 25.4 Å². The molecule has 0 saturated carbocycles. The van der Waals surface area contributed by atoms with Crippen LogP contribution in [-0.4, -0.2) is 21.6 Å². The number of aryl methyl sites for hydroxylation is 1. The second-order valence-electron chi connectivity index (χ2n) is 6.08. The number of furan rings is 1. The van der Waals surface area contributed by atoms with Gasteiger partial charge in [0, 0.05) is 32.5 Å². The number of aromatic nitrogens is 2. The number of nitrogens with zero attached hydrogens (tertiary/aromatic N) is 2. The molecule has 3 aromatic rings. The summed E-state index contributed by atoms with van der Waals surface area (Å²) < 4.78 is 7.97. The zero-order valence-corrected chi connectivity index (χ0v) is 14.9. The van der Waals surface area contributed by atoms with Crippen molar-refractivity contribution >= 4 is 16.9 Å². The van der Waals surface area contributed by atoms with E-state index >= 15 is 0 Å². The van der Waals surface area contributed by atoms with Gasteiger partial charge in [-0.05, 0) is 24.3 Å². The van der Waals surface area contributed by atoms with Crippen molar-refractivity contribution in [1.82, 2.24) is 14.5 Å². The molecule has 0 bridgehead atoms. The van der Waals surface area contributed by atoms with Gasteiger partial charge in [0.2, 0.25) is 5.91 Å². The lowest BCUT2D eigenvalue weighted by Crippen LogP contribution is -2.42. The summed E-state index contributed by atoms with van der Waals surface area (Å²) in [7, 11) is 0. The average molecular weight is 367 g/mol. The van der Waals surface area contributed by atoms with Crippen molar-refractivity contribution in [3.63, 3.8) is 0 Å². The lowest BCUT2D eigenvalue weighted by atomic mass is 10.2. The Labute approximate surface area is 155 Å². The molecule has 0 aliphatic heterocycles. The largest absolute Gasteiger partial charge is 0.469 e. The average Bonchev–Trinajstić information content (AvgIpc) is 3.19. The first-order valence-corrected chi connectivity index (χ1v) is 8.74. The van der Waals surface area contributed by atoms with Crippen molar-refractivity contribution in [3.05, 3.63) is 81.8 Å². The lowest BCUT2D eigenvalue weighted by Gasteiger charge is -2.14. The van der Waals surface area contributed by atoms with Crippen LogP contribution in [0, 0.1) is 0 Å². The van der Waals surface area contributed by atoms with Gasteiger partial charge in [-0.2, -0.15) is 0 Å². The number of para-hydroxylation sites is 2. The van der Waals surface area contributed by atoms with Gasteiger partial charge in [0.25, 0.3) is 0 Å². The third-order valence-corrected chi connectivity index (χ3v) is 4.28. The van der Waals surface area contributed by atoms with Crippen molar-refractivity contribution in [2.24, 2.45) is 0 Å². The number of benzene rings is 1. The Bertz CT molecular complexity index is 1060. The molecule has 2 heterocycles. The summed E-state index contributed by atoms with van der Waals surface area (Å²) in [4.78, 5) is 37.0. The molecule has 0 radical (unpaired) electrons. The molecule has 1 amide bonds. The highest BCUT2D eigenvalue weighted by Gasteiger charge is 2.13. The van der Waals surface area contributed by atoms with Crippen LogP contribution in [0.25, 0.3) is 11.0 Å². The number of amides is 1. The van der Waals surface area contributed by atoms with Gasteiger partial charge < -0.3 is 14.3 Å². The van der Waals surface area contributed by atoms with Crippen LogP contribution in [0.5, 0.6) is 0 Å². The monoisotopic (exact) mass is 367 g/mol. The summed E-state index contributed by atoms with van der Waals surface area (Å²) in [5.74, 6) is 0.608. The SMILES string of the molecule is C=CCn1c(=O)c(=O)n(CCC(=O)NCCc2ccco2)c2ccccc21. The van der Waals surface area contributed by atoms with Crippen LogP contribution in [0.3, 0.4) is 0 Å². The van der Waals surface area contributed by atoms with E-state index in [0.717, 1.165) is 5.76 Å². The summed E-state index contributed by atoms with van der Waals surface area (Å²) in [6.45, 7) is 4.47. The van der Waals surface area contributed by atoms with Gasteiger partial charge in [0.15, 0.2) is 0 Å². The van der Waals surface area contributed by atoms with Crippen LogP contribution in [-0.2, 0) is 24.3 Å². The fraction of sp³-hybridized carbons (Fsp3) is 0.250. The summed E-state index contributed by atoms with van der Waals surface area (Å²) in [6.07, 6.45) is 3.86. The Morgan fingerprint density at radius 2 is 1.78 bits per heavy atom. The van der Waals surface area contributed by atoms with Crippen molar-refractivity contribution < 1.29 is 9.21 Å². The van der Waals surface area contributed by atoms with E-state index in [0.29, 0.717) is 24.0 Å². The fourth-order valence-corrected chi connectivity index (χ4v) is 2.98. The Morgan fingerprint density at radius 3 is 2.44 bits per heavy atom. The topological polar surface area (TPSA) is 86.2 Å². The van der Waals surface area contributed by atoms with E-state index in [1.165, 1.54) is 9.13 Å². The maximum atomic E-state index is 12.5. The molecule has 7 heteroatoms. The summed E-state index contributed by atoms with van der Waals surface area (Å²) >= 11 is 0. The van der Waals surface area contributed by atoms with Gasteiger partial charge in [-0.3, -0.25) is 19.0 Å². The highest BCUT2D eigenvalue weighted by molar-refractivity contribution is 5.77. The van der Waals surface area contributed by atoms with E-state index in [9.17, 15) is 14.4 Å². The smallest absolute Gasteiger partial charge is 0.317 e. The quantitative estimate of drug-likeness (QED) is 0.485. The standard InChI is InChI=1S/C20H21N3O4/c1-2-12-22-16-7-3-4-8-17(16)23(20(26)19(22)25)13-10-18(24)21-11-9-15-6-5-14-27-15/h2-8,14H,1,9-13H2,(H,21,24). The van der Waals surface area contributed by atoms with Crippen LogP contribution in [0.2, 0.25) is 0 Å². The molecule has 0 unspecified atom stereocenters. The van der Waals surface area contributed by atoms with Crippen LogP contribution >= 0.6 is 0 Å². The van der Waals surface area contributed by atoms with Gasteiger partial charge >= 0.3 is 11.1 Å². The molecule has 0 spiro atoms. The Balaban J connectivity index is 1.75. The number of allylic oxidation sites excluding steroid dienone is 1. The third-order valence-electron chi connectivity index (χ3n) is 4.28. The molecular weight excluding hydrogens is 346 g/mol. The molecule has 0 atom stereocenters. The van der Waals surface area contributed by atoms with Gasteiger partial charge in [-0.1, -0.05) is 18.2 Å². The zero-order valence-electron chi connectivity index (χ0n) is 14.9. The summed E-state index contributed by atoms with van der Waals surface area (Å²) in [5.41, 5.74) is -0.00155. The number of carbonyl (C=O) groups excluding carboxylic acids is 1. The summed E-state index contributed by atoms with van der Waals surface area (Å²) in [6, 6.07) is 10.8. The molecule has 0 saturated heterocycles. The number of nitrogens with one attached hydrogen (secondary N) is 1. The lowest BCUT2D eigenvalue weighted by molar-refractivity contribution is -0.121. The van der Waals surface area contributed by atoms with E-state index in [4.69, 9.17) is 4.42 Å². The molecule has 27 heavy (non-hydrogen) atoms. The molecular formula is C20H21N3O4. The molecule has 0 fully saturated rings. The van der Waals surface area contributed by atoms with Crippen LogP contribution in [0.15, 0.2) is 69.3 Å². The second kappa shape index (κ2) is 8.35. The zero-order chi connectivity index (χ0) is 19.2. The Morgan fingerprint density at radius 1 is 1.07 bits per heavy atom. The number of hydrogen-bond donors (Lipinski definition) is 1. The Hall–Kier alpha value is -3.35. The van der Waals surface area contributed by atoms with Crippen molar-refractivity contribution in [1.29, 1.82) is 0 Å². The van der Waals surface area contributed by atoms with Crippen molar-refractivity contribution in [2.75, 3.05) is 6.54 Å². The van der Waals surface area contributed by atoms with E-state index in [2.05, 4.69) is 11.9 Å². The first-order chi connectivity index (χ1) is 13.1. The van der Waals surface area contributed by atoms with Crippen LogP contribution in [0.4, 0.5) is 0 Å². The molecule has 140 valence electrons. The third kappa shape index (κ3) is 4.08. The summed E-state index contributed by atoms with van der Waals surface area (Å²) in [5, 5.41) is 2.79. The maximum absolute atomic E-state index is 12.5. The second-order valence-corrected chi connectivity index (χ2v) is 6.08. The normalized spacial score (nSPS) is 10.8. The number of rotatable bonds is 8. The molecule has 0 aliphatic rings. The van der Waals surface area contributed by atoms with E-state index < -0.39 is 11.1 Å². The molecule has 3 rings (SSSR count). The van der Waals surface area contributed by atoms with Crippen LogP contribution in [0.1, 0.15) is 12.2 Å². The van der Waals surface area contributed by atoms with Crippen LogP contribution < -0.4 is 16.4 Å². The van der Waals surface area contributed by atoms with Gasteiger partial charge in [0.1, 0.15) is 5.76 Å². The predicted octanol–water partition coefficient (Wildman–Crippen LogP) is 1.69. The fourth-order valence-electron chi connectivity index (χ4n) is 2.98. The van der Waals surface area contributed by atoms with E-state index in [1.807, 2.05) is 6.07 Å². The minimum atomic E-state index is -0.640. The molecule has 2 aromatic heterocycles. The Kier molecular flexibility index (Phi) is 5.71. The van der Waals surface area contributed by atoms with Crippen molar-refractivity contribution in [3.8, 4) is 0 Å². The molecule has 7 nitrogen and oxygen atoms in total. The number of fused-ring (bicyclic) bond motifs is 1. The first-order valence-electron chi connectivity index (χ1n) is 8.74. The minimum absolute atomic E-state index is 0.104. The van der Waals surface area contributed by atoms with Gasteiger partial charge in [-0.25, -0.2) is 0 Å². The number of hydrogen-bond acceptors (Lipinski definition) is 4. The van der Waals surface area contributed by atoms with Gasteiger partial charge in [0.05, 0.1) is 17.3 Å². The first kappa shape index (κ1) is 18.4. The molecule has 1 N–H and O–H groups in total. The molecule has 0 aliphatic carbocycles. The van der Waals surface area contributed by atoms with Gasteiger partial charge in [-0.15, -0.1) is 6.58 Å². The number of carbonyl (C=O) groups is 1. The highest BCUT2D eigenvalue weighted by Crippen LogP contribution is 2.11. The predicted molar refractivity (Wildman–Crippen MR) is 103 cm³/mol. The minimum Gasteiger partial charge on any atom is -0.469 e.